The van der Waals surface area contributed by atoms with Crippen molar-refractivity contribution in [3.63, 3.8) is 0 Å². The summed E-state index contributed by atoms with van der Waals surface area (Å²) >= 11 is 0. The van der Waals surface area contributed by atoms with Gasteiger partial charge in [0.2, 0.25) is 10.0 Å². The highest BCUT2D eigenvalue weighted by molar-refractivity contribution is 7.92. The molecule has 3 heterocycles. The van der Waals surface area contributed by atoms with Crippen molar-refractivity contribution in [1.29, 1.82) is 0 Å². The van der Waals surface area contributed by atoms with Crippen LogP contribution in [0.25, 0.3) is 0 Å². The van der Waals surface area contributed by atoms with Crippen LogP contribution in [0.2, 0.25) is 0 Å². The number of sulfonamides is 1. The van der Waals surface area contributed by atoms with Crippen LogP contribution >= 0.6 is 0 Å². The van der Waals surface area contributed by atoms with Crippen LogP contribution in [-0.2, 0) is 22.7 Å². The lowest BCUT2D eigenvalue weighted by Crippen LogP contribution is -2.49. The van der Waals surface area contributed by atoms with Crippen molar-refractivity contribution >= 4 is 27.6 Å². The summed E-state index contributed by atoms with van der Waals surface area (Å²) < 4.78 is 66.9. The molecule has 1 aromatic heterocycles. The topological polar surface area (TPSA) is 90.8 Å². The Bertz CT molecular complexity index is 1180. The molecule has 4 rings (SSSR count). The van der Waals surface area contributed by atoms with E-state index in [9.17, 15) is 26.4 Å². The first kappa shape index (κ1) is 25.3. The van der Waals surface area contributed by atoms with Crippen LogP contribution in [0.1, 0.15) is 30.9 Å². The van der Waals surface area contributed by atoms with Crippen LogP contribution < -0.4 is 9.62 Å². The van der Waals surface area contributed by atoms with E-state index in [-0.39, 0.29) is 23.6 Å². The Labute approximate surface area is 202 Å². The minimum absolute atomic E-state index is 0.0601. The van der Waals surface area contributed by atoms with E-state index in [1.165, 1.54) is 24.4 Å². The molecule has 0 radical (unpaired) electrons. The fourth-order valence-electron chi connectivity index (χ4n) is 4.62. The van der Waals surface area contributed by atoms with Gasteiger partial charge in [0.15, 0.2) is 5.82 Å². The Balaban J connectivity index is 1.39. The lowest BCUT2D eigenvalue weighted by Gasteiger charge is -2.34. The van der Waals surface area contributed by atoms with Gasteiger partial charge in [-0.25, -0.2) is 13.2 Å². The number of anilines is 2. The second kappa shape index (κ2) is 9.69. The number of aromatic nitrogens is 2. The predicted octanol–water partition coefficient (Wildman–Crippen LogP) is 3.05. The lowest BCUT2D eigenvalue weighted by atomic mass is 10.1. The molecule has 2 saturated heterocycles. The average molecular weight is 515 g/mol. The van der Waals surface area contributed by atoms with E-state index in [1.54, 1.807) is 11.0 Å². The maximum absolute atomic E-state index is 13.6. The highest BCUT2D eigenvalue weighted by atomic mass is 32.2. The number of hydrogen-bond donors (Lipinski definition) is 1. The first-order chi connectivity index (χ1) is 16.4. The number of hydrogen-bond acceptors (Lipinski definition) is 6. The zero-order chi connectivity index (χ0) is 25.4. The number of alkyl halides is 3. The van der Waals surface area contributed by atoms with Gasteiger partial charge >= 0.3 is 12.2 Å². The molecule has 1 amide bonds. The van der Waals surface area contributed by atoms with Crippen LogP contribution in [-0.4, -0.2) is 79.1 Å². The number of carbonyl (C=O) groups excluding carboxylic acids is 1. The van der Waals surface area contributed by atoms with Gasteiger partial charge in [0.05, 0.1) is 11.8 Å². The fourth-order valence-corrected chi connectivity index (χ4v) is 5.11. The van der Waals surface area contributed by atoms with Crippen LogP contribution in [0.4, 0.5) is 29.5 Å². The van der Waals surface area contributed by atoms with Crippen LogP contribution in [0, 0.1) is 0 Å². The van der Waals surface area contributed by atoms with Crippen molar-refractivity contribution in [3.8, 4) is 0 Å². The summed E-state index contributed by atoms with van der Waals surface area (Å²) in [7, 11) is -3.50. The standard InChI is InChI=1S/C22H29F3N6O3S/c1-16-4-3-8-30(16)19-14-17(5-6-18(19)22(23,24)25)15-28-10-12-29(13-11-28)21(32)31-9-7-20(26-31)27-35(2,33)34/h5-7,9,14,16H,3-4,8,10-13,15H2,1-2H3,(H,26,27)/t16-/m1/s1. The van der Waals surface area contributed by atoms with E-state index >= 15 is 0 Å². The van der Waals surface area contributed by atoms with Gasteiger partial charge < -0.3 is 9.80 Å². The fraction of sp³-hybridized carbons (Fsp3) is 0.545. The Morgan fingerprint density at radius 2 is 1.86 bits per heavy atom. The summed E-state index contributed by atoms with van der Waals surface area (Å²) in [4.78, 5) is 18.3. The molecule has 2 aromatic rings. The molecule has 0 bridgehead atoms. The molecule has 9 nitrogen and oxygen atoms in total. The van der Waals surface area contributed by atoms with Crippen LogP contribution in [0.15, 0.2) is 30.5 Å². The number of rotatable bonds is 5. The van der Waals surface area contributed by atoms with Crippen molar-refractivity contribution in [3.05, 3.63) is 41.6 Å². The van der Waals surface area contributed by atoms with Gasteiger partial charge in [-0.1, -0.05) is 6.07 Å². The average Bonchev–Trinajstić information content (AvgIpc) is 3.40. The summed E-state index contributed by atoms with van der Waals surface area (Å²) in [6.45, 7) is 5.00. The zero-order valence-electron chi connectivity index (χ0n) is 19.6. The molecule has 0 spiro atoms. The second-order valence-electron chi connectivity index (χ2n) is 9.10. The first-order valence-electron chi connectivity index (χ1n) is 11.4. The van der Waals surface area contributed by atoms with Gasteiger partial charge in [-0.15, -0.1) is 5.10 Å². The summed E-state index contributed by atoms with van der Waals surface area (Å²) in [5, 5.41) is 3.96. The third kappa shape index (κ3) is 6.07. The molecule has 2 aliphatic rings. The summed E-state index contributed by atoms with van der Waals surface area (Å²) in [6.07, 6.45) is -0.268. The molecule has 1 N–H and O–H groups in total. The van der Waals surface area contributed by atoms with Crippen LogP contribution in [0.3, 0.4) is 0 Å². The number of carbonyl (C=O) groups is 1. The number of amides is 1. The predicted molar refractivity (Wildman–Crippen MR) is 126 cm³/mol. The summed E-state index contributed by atoms with van der Waals surface area (Å²) in [6, 6.07) is 5.46. The van der Waals surface area contributed by atoms with E-state index in [4.69, 9.17) is 0 Å². The highest BCUT2D eigenvalue weighted by Gasteiger charge is 2.37. The lowest BCUT2D eigenvalue weighted by molar-refractivity contribution is -0.137. The molecule has 192 valence electrons. The van der Waals surface area contributed by atoms with Crippen molar-refractivity contribution in [2.24, 2.45) is 0 Å². The smallest absolute Gasteiger partial charge is 0.368 e. The molecule has 1 aromatic carbocycles. The minimum Gasteiger partial charge on any atom is -0.368 e. The number of nitrogens with zero attached hydrogens (tertiary/aromatic N) is 5. The first-order valence-corrected chi connectivity index (χ1v) is 13.3. The van der Waals surface area contributed by atoms with Gasteiger partial charge in [0.25, 0.3) is 0 Å². The van der Waals surface area contributed by atoms with E-state index in [1.807, 2.05) is 11.8 Å². The molecule has 0 saturated carbocycles. The normalized spacial score (nSPS) is 19.9. The van der Waals surface area contributed by atoms with E-state index in [0.717, 1.165) is 29.3 Å². The van der Waals surface area contributed by atoms with Gasteiger partial charge in [0.1, 0.15) is 0 Å². The molecular formula is C22H29F3N6O3S. The molecule has 0 unspecified atom stereocenters. The van der Waals surface area contributed by atoms with E-state index in [0.29, 0.717) is 39.3 Å². The summed E-state index contributed by atoms with van der Waals surface area (Å²) in [5.41, 5.74) is 0.441. The van der Waals surface area contributed by atoms with Crippen molar-refractivity contribution in [2.75, 3.05) is 48.6 Å². The van der Waals surface area contributed by atoms with E-state index in [2.05, 4.69) is 14.7 Å². The van der Waals surface area contributed by atoms with Crippen molar-refractivity contribution in [1.82, 2.24) is 19.6 Å². The molecule has 2 fully saturated rings. The van der Waals surface area contributed by atoms with Gasteiger partial charge in [-0.05, 0) is 37.5 Å². The maximum Gasteiger partial charge on any atom is 0.418 e. The third-order valence-electron chi connectivity index (χ3n) is 6.35. The summed E-state index contributed by atoms with van der Waals surface area (Å²) in [5.74, 6) is 0.0601. The number of nitrogens with one attached hydrogen (secondary N) is 1. The highest BCUT2D eigenvalue weighted by Crippen LogP contribution is 2.39. The SMILES string of the molecule is C[C@@H]1CCCN1c1cc(CN2CCN(C(=O)n3ccc(NS(C)(=O)=O)n3)CC2)ccc1C(F)(F)F. The monoisotopic (exact) mass is 514 g/mol. The quantitative estimate of drug-likeness (QED) is 0.660. The van der Waals surface area contributed by atoms with Crippen LogP contribution in [0.5, 0.6) is 0 Å². The largest absolute Gasteiger partial charge is 0.418 e. The van der Waals surface area contributed by atoms with Gasteiger partial charge in [0, 0.05) is 63.3 Å². The van der Waals surface area contributed by atoms with Crippen molar-refractivity contribution in [2.45, 2.75) is 38.5 Å². The maximum atomic E-state index is 13.6. The molecule has 1 atom stereocenters. The van der Waals surface area contributed by atoms with Crippen molar-refractivity contribution < 1.29 is 26.4 Å². The number of benzene rings is 1. The Morgan fingerprint density at radius 3 is 2.46 bits per heavy atom. The number of halogens is 3. The molecule has 2 aliphatic heterocycles. The van der Waals surface area contributed by atoms with Gasteiger partial charge in [-0.2, -0.15) is 17.9 Å². The molecular weight excluding hydrogens is 485 g/mol. The second-order valence-corrected chi connectivity index (χ2v) is 10.8. The number of piperazine rings is 1. The third-order valence-corrected chi connectivity index (χ3v) is 6.93. The Kier molecular flexibility index (Phi) is 7.00. The Hall–Kier alpha value is -2.80. The van der Waals surface area contributed by atoms with E-state index < -0.39 is 21.8 Å². The minimum atomic E-state index is -4.41. The molecule has 35 heavy (non-hydrogen) atoms. The molecule has 13 heteroatoms. The van der Waals surface area contributed by atoms with Gasteiger partial charge in [-0.3, -0.25) is 9.62 Å². The zero-order valence-corrected chi connectivity index (χ0v) is 20.4. The Morgan fingerprint density at radius 1 is 1.14 bits per heavy atom. The molecule has 0 aliphatic carbocycles.